The van der Waals surface area contributed by atoms with Crippen LogP contribution in [0, 0.1) is 0 Å². The smallest absolute Gasteiger partial charge is 0.0542 e. The van der Waals surface area contributed by atoms with E-state index in [9.17, 15) is 0 Å². The molecule has 4 heterocycles. The zero-order valence-corrected chi connectivity index (χ0v) is 22.0. The molecule has 0 nitrogen and oxygen atoms in total. The number of benzene rings is 3. The van der Waals surface area contributed by atoms with E-state index in [2.05, 4.69) is 74.2 Å². The quantitative estimate of drug-likeness (QED) is 0.222. The predicted molar refractivity (Wildman–Crippen MR) is 159 cm³/mol. The Morgan fingerprint density at radius 2 is 1.24 bits per heavy atom. The van der Waals surface area contributed by atoms with Crippen LogP contribution in [0.15, 0.2) is 61.2 Å². The molecular formula is C29H22S4. The molecule has 4 aromatic heterocycles. The average Bonchev–Trinajstić information content (AvgIpc) is 3.56. The molecule has 162 valence electrons. The van der Waals surface area contributed by atoms with Crippen LogP contribution >= 0.6 is 45.3 Å². The third-order valence-corrected chi connectivity index (χ3v) is 11.0. The van der Waals surface area contributed by atoms with Crippen molar-refractivity contribution in [2.24, 2.45) is 0 Å². The van der Waals surface area contributed by atoms with Crippen LogP contribution in [0.25, 0.3) is 72.0 Å². The molecule has 0 N–H and O–H groups in total. The van der Waals surface area contributed by atoms with Gasteiger partial charge in [-0.1, -0.05) is 50.8 Å². The van der Waals surface area contributed by atoms with E-state index >= 15 is 0 Å². The lowest BCUT2D eigenvalue weighted by Crippen LogP contribution is -1.73. The van der Waals surface area contributed by atoms with E-state index in [1.54, 1.807) is 0 Å². The molecule has 0 saturated heterocycles. The van der Waals surface area contributed by atoms with Crippen molar-refractivity contribution in [3.63, 3.8) is 0 Å². The summed E-state index contributed by atoms with van der Waals surface area (Å²) in [5.41, 5.74) is 1.27. The summed E-state index contributed by atoms with van der Waals surface area (Å²) >= 11 is 7.64. The van der Waals surface area contributed by atoms with Gasteiger partial charge in [0.25, 0.3) is 0 Å². The maximum atomic E-state index is 4.08. The van der Waals surface area contributed by atoms with Crippen LogP contribution in [0.3, 0.4) is 0 Å². The summed E-state index contributed by atoms with van der Waals surface area (Å²) in [6.07, 6.45) is 6.33. The highest BCUT2D eigenvalue weighted by Crippen LogP contribution is 2.48. The van der Waals surface area contributed by atoms with Gasteiger partial charge < -0.3 is 0 Å². The van der Waals surface area contributed by atoms with Crippen molar-refractivity contribution in [2.75, 3.05) is 0 Å². The lowest BCUT2D eigenvalue weighted by Gasteiger charge is -2.00. The molecule has 0 radical (unpaired) electrons. The second-order valence-corrected chi connectivity index (χ2v) is 12.0. The van der Waals surface area contributed by atoms with Crippen LogP contribution in [-0.4, -0.2) is 0 Å². The summed E-state index contributed by atoms with van der Waals surface area (Å²) in [5, 5.41) is 6.83. The van der Waals surface area contributed by atoms with Crippen molar-refractivity contribution in [1.82, 2.24) is 0 Å². The van der Waals surface area contributed by atoms with E-state index in [0.717, 1.165) is 0 Å². The van der Waals surface area contributed by atoms with Gasteiger partial charge in [-0.05, 0) is 54.1 Å². The maximum Gasteiger partial charge on any atom is 0.0542 e. The van der Waals surface area contributed by atoms with Crippen LogP contribution in [0.4, 0.5) is 0 Å². The third-order valence-electron chi connectivity index (χ3n) is 5.95. The molecule has 0 aliphatic carbocycles. The van der Waals surface area contributed by atoms with Crippen molar-refractivity contribution in [1.29, 1.82) is 0 Å². The lowest BCUT2D eigenvalue weighted by atomic mass is 10.1. The highest BCUT2D eigenvalue weighted by Gasteiger charge is 2.16. The van der Waals surface area contributed by atoms with Crippen LogP contribution in [0.1, 0.15) is 31.2 Å². The van der Waals surface area contributed by atoms with Crippen LogP contribution in [0.2, 0.25) is 0 Å². The summed E-state index contributed by atoms with van der Waals surface area (Å²) in [7, 11) is 0. The molecule has 3 aromatic carbocycles. The van der Waals surface area contributed by atoms with E-state index in [4.69, 9.17) is 0 Å². The second-order valence-electron chi connectivity index (χ2n) is 7.75. The minimum Gasteiger partial charge on any atom is -0.134 e. The van der Waals surface area contributed by atoms with Crippen molar-refractivity contribution in [3.05, 3.63) is 71.6 Å². The molecule has 7 aromatic rings. The van der Waals surface area contributed by atoms with E-state index < -0.39 is 0 Å². The molecule has 0 amide bonds. The molecule has 0 bridgehead atoms. The van der Waals surface area contributed by atoms with Gasteiger partial charge in [-0.15, -0.1) is 45.3 Å². The number of rotatable bonds is 2. The van der Waals surface area contributed by atoms with Crippen molar-refractivity contribution in [3.8, 4) is 0 Å². The first-order valence-corrected chi connectivity index (χ1v) is 14.4. The molecule has 0 unspecified atom stereocenters. The lowest BCUT2D eigenvalue weighted by molar-refractivity contribution is 1.50. The zero-order valence-electron chi connectivity index (χ0n) is 18.7. The Balaban J connectivity index is 0.00000101. The fourth-order valence-electron chi connectivity index (χ4n) is 4.54. The molecule has 0 aliphatic heterocycles. The molecule has 0 atom stereocenters. The fourth-order valence-corrected chi connectivity index (χ4v) is 9.98. The van der Waals surface area contributed by atoms with Crippen LogP contribution in [0.5, 0.6) is 0 Å². The van der Waals surface area contributed by atoms with Gasteiger partial charge in [0.2, 0.25) is 0 Å². The number of allylic oxidation sites excluding steroid dienone is 1. The molecule has 33 heavy (non-hydrogen) atoms. The SMILES string of the molecule is C=Cc1c(/C=C\C)sc2c1sc1cc3cc4c(cc3cc12)sc1c2ccccc2sc41.CC. The molecule has 0 fully saturated rings. The Labute approximate surface area is 208 Å². The highest BCUT2D eigenvalue weighted by atomic mass is 32.1. The van der Waals surface area contributed by atoms with Crippen molar-refractivity contribution >= 4 is 117 Å². The minimum absolute atomic E-state index is 1.27. The number of thiophene rings is 4. The Morgan fingerprint density at radius 1 is 0.667 bits per heavy atom. The standard InChI is InChI=1S/C27H16S4.C2H6/c1-3-7-20-16(4-2)24-26(28-20)18-10-14-13-23-19(11-15(14)12-22(18)30-24)27-25(31-23)17-8-5-6-9-21(17)29-27;1-2/h3-13H,2H2,1H3;1-2H3/b7-3-;. The summed E-state index contributed by atoms with van der Waals surface area (Å²) in [4.78, 5) is 1.31. The summed E-state index contributed by atoms with van der Waals surface area (Å²) in [5.74, 6) is 0. The van der Waals surface area contributed by atoms with Crippen molar-refractivity contribution in [2.45, 2.75) is 20.8 Å². The van der Waals surface area contributed by atoms with E-state index in [0.29, 0.717) is 0 Å². The Hall–Kier alpha value is -2.50. The van der Waals surface area contributed by atoms with Gasteiger partial charge in [-0.3, -0.25) is 0 Å². The topological polar surface area (TPSA) is 0 Å². The van der Waals surface area contributed by atoms with Gasteiger partial charge in [-0.2, -0.15) is 0 Å². The van der Waals surface area contributed by atoms with Crippen molar-refractivity contribution < 1.29 is 0 Å². The largest absolute Gasteiger partial charge is 0.134 e. The van der Waals surface area contributed by atoms with Gasteiger partial charge in [0.15, 0.2) is 0 Å². The van der Waals surface area contributed by atoms with Gasteiger partial charge in [0.05, 0.1) is 18.8 Å². The van der Waals surface area contributed by atoms with Gasteiger partial charge in [0, 0.05) is 40.7 Å². The number of hydrogen-bond acceptors (Lipinski definition) is 4. The number of fused-ring (bicyclic) bond motifs is 9. The fraction of sp³-hybridized carbons (Fsp3) is 0.103. The normalized spacial score (nSPS) is 12.1. The second kappa shape index (κ2) is 8.07. The van der Waals surface area contributed by atoms with Gasteiger partial charge in [0.1, 0.15) is 0 Å². The van der Waals surface area contributed by atoms with Gasteiger partial charge >= 0.3 is 0 Å². The average molecular weight is 499 g/mol. The first kappa shape index (κ1) is 21.1. The molecule has 0 spiro atoms. The maximum absolute atomic E-state index is 4.08. The van der Waals surface area contributed by atoms with E-state index in [-0.39, 0.29) is 0 Å². The Bertz CT molecular complexity index is 1860. The van der Waals surface area contributed by atoms with Crippen LogP contribution in [-0.2, 0) is 0 Å². The highest BCUT2D eigenvalue weighted by molar-refractivity contribution is 7.36. The summed E-state index contributed by atoms with van der Waals surface area (Å²) < 4.78 is 9.76. The monoisotopic (exact) mass is 498 g/mol. The first-order valence-electron chi connectivity index (χ1n) is 11.2. The summed E-state index contributed by atoms with van der Waals surface area (Å²) in [6, 6.07) is 18.4. The Morgan fingerprint density at radius 3 is 1.91 bits per heavy atom. The molecule has 7 rings (SSSR count). The molecule has 0 saturated carbocycles. The molecular weight excluding hydrogens is 477 g/mol. The first-order chi connectivity index (χ1) is 16.2. The number of hydrogen-bond donors (Lipinski definition) is 0. The van der Waals surface area contributed by atoms with E-state index in [1.807, 2.05) is 65.3 Å². The third kappa shape index (κ3) is 3.05. The Kier molecular flexibility index (Phi) is 5.15. The minimum atomic E-state index is 1.27. The van der Waals surface area contributed by atoms with E-state index in [1.165, 1.54) is 70.3 Å². The predicted octanol–water partition coefficient (Wildman–Crippen LogP) is 11.6. The molecule has 0 aliphatic rings. The molecule has 4 heteroatoms. The summed E-state index contributed by atoms with van der Waals surface area (Å²) in [6.45, 7) is 10.2. The van der Waals surface area contributed by atoms with Crippen LogP contribution < -0.4 is 0 Å². The zero-order chi connectivity index (χ0) is 22.7. The van der Waals surface area contributed by atoms with Gasteiger partial charge in [-0.25, -0.2) is 0 Å².